The molecule has 1 aromatic carbocycles. The number of nitrogens with one attached hydrogen (secondary N) is 2. The first-order chi connectivity index (χ1) is 9.07. The molecule has 1 saturated heterocycles. The zero-order valence-electron chi connectivity index (χ0n) is 10.5. The van der Waals surface area contributed by atoms with E-state index in [-0.39, 0.29) is 11.8 Å². The molecule has 3 aliphatic rings. The van der Waals surface area contributed by atoms with Gasteiger partial charge >= 0.3 is 0 Å². The van der Waals surface area contributed by atoms with E-state index >= 15 is 0 Å². The van der Waals surface area contributed by atoms with E-state index in [9.17, 15) is 9.59 Å². The van der Waals surface area contributed by atoms with E-state index in [4.69, 9.17) is 0 Å². The highest BCUT2D eigenvalue weighted by molar-refractivity contribution is 6.15. The number of hydrazine groups is 1. The highest BCUT2D eigenvalue weighted by atomic mass is 16.2. The third-order valence-corrected chi connectivity index (χ3v) is 3.84. The van der Waals surface area contributed by atoms with Crippen molar-refractivity contribution in [1.82, 2.24) is 10.7 Å². The van der Waals surface area contributed by atoms with E-state index in [0.29, 0.717) is 5.57 Å². The Morgan fingerprint density at radius 1 is 1.26 bits per heavy atom. The monoisotopic (exact) mass is 256 g/mol. The first-order valence-corrected chi connectivity index (χ1v) is 6.08. The molecule has 3 heterocycles. The lowest BCUT2D eigenvalue weighted by Gasteiger charge is -2.46. The summed E-state index contributed by atoms with van der Waals surface area (Å²) in [6.07, 6.45) is 0. The number of hydrogen-bond acceptors (Lipinski definition) is 4. The minimum Gasteiger partial charge on any atom is -0.306 e. The lowest BCUT2D eigenvalue weighted by Crippen LogP contribution is -2.77. The summed E-state index contributed by atoms with van der Waals surface area (Å²) in [5, 5.41) is 4.70. The lowest BCUT2D eigenvalue weighted by molar-refractivity contribution is -0.126. The summed E-state index contributed by atoms with van der Waals surface area (Å²) < 4.78 is 0. The van der Waals surface area contributed by atoms with Crippen LogP contribution in [0.25, 0.3) is 0 Å². The average molecular weight is 256 g/mol. The average Bonchev–Trinajstić information content (AvgIpc) is 2.73. The van der Waals surface area contributed by atoms with E-state index in [0.717, 1.165) is 17.1 Å². The fourth-order valence-corrected chi connectivity index (χ4v) is 3.20. The molecule has 2 N–H and O–H groups in total. The van der Waals surface area contributed by atoms with Gasteiger partial charge in [-0.2, -0.15) is 0 Å². The topological polar surface area (TPSA) is 64.7 Å². The van der Waals surface area contributed by atoms with Gasteiger partial charge in [0, 0.05) is 12.6 Å². The van der Waals surface area contributed by atoms with Gasteiger partial charge in [-0.25, -0.2) is 5.01 Å². The van der Waals surface area contributed by atoms with Crippen molar-refractivity contribution in [3.8, 4) is 0 Å². The normalized spacial score (nSPS) is 26.3. The molecule has 0 aromatic heterocycles. The SMILES string of the molecule is CC(=O)N1c2ccccc2N2NC(C)=C3C(=O)NC321. The van der Waals surface area contributed by atoms with Gasteiger partial charge in [-0.15, -0.1) is 0 Å². The molecule has 96 valence electrons. The van der Waals surface area contributed by atoms with Gasteiger partial charge < -0.3 is 5.32 Å². The number of benzene rings is 1. The zero-order chi connectivity index (χ0) is 13.4. The quantitative estimate of drug-likeness (QED) is 0.661. The second-order valence-corrected chi connectivity index (χ2v) is 4.92. The maximum Gasteiger partial charge on any atom is 0.259 e. The van der Waals surface area contributed by atoms with Gasteiger partial charge in [0.2, 0.25) is 5.91 Å². The number of nitrogens with zero attached hydrogens (tertiary/aromatic N) is 2. The number of carbonyl (C=O) groups excluding carboxylic acids is 2. The molecule has 2 amide bonds. The zero-order valence-corrected chi connectivity index (χ0v) is 10.5. The van der Waals surface area contributed by atoms with Crippen LogP contribution in [0.4, 0.5) is 11.4 Å². The van der Waals surface area contributed by atoms with Crippen molar-refractivity contribution in [2.75, 3.05) is 9.91 Å². The summed E-state index contributed by atoms with van der Waals surface area (Å²) in [4.78, 5) is 25.5. The molecule has 1 spiro atoms. The summed E-state index contributed by atoms with van der Waals surface area (Å²) in [6, 6.07) is 7.59. The number of β-lactam (4-membered cyclic amide) rings is 1. The van der Waals surface area contributed by atoms with E-state index in [1.165, 1.54) is 6.92 Å². The molecular weight excluding hydrogens is 244 g/mol. The number of carbonyl (C=O) groups is 2. The Bertz CT molecular complexity index is 681. The Hall–Kier alpha value is -2.50. The Morgan fingerprint density at radius 3 is 2.58 bits per heavy atom. The maximum atomic E-state index is 12.0. The van der Waals surface area contributed by atoms with E-state index < -0.39 is 5.79 Å². The molecule has 0 aliphatic carbocycles. The molecule has 0 saturated carbocycles. The van der Waals surface area contributed by atoms with Crippen LogP contribution in [0.3, 0.4) is 0 Å². The number of para-hydroxylation sites is 2. The molecule has 1 aromatic rings. The largest absolute Gasteiger partial charge is 0.306 e. The smallest absolute Gasteiger partial charge is 0.259 e. The van der Waals surface area contributed by atoms with Crippen LogP contribution < -0.4 is 20.7 Å². The van der Waals surface area contributed by atoms with Crippen LogP contribution in [0.1, 0.15) is 13.8 Å². The highest BCUT2D eigenvalue weighted by Gasteiger charge is 2.67. The number of amides is 2. The Balaban J connectivity index is 1.99. The van der Waals surface area contributed by atoms with Gasteiger partial charge in [-0.3, -0.25) is 19.9 Å². The second-order valence-electron chi connectivity index (χ2n) is 4.92. The van der Waals surface area contributed by atoms with Crippen LogP contribution in [0.15, 0.2) is 35.5 Å². The number of fused-ring (bicyclic) bond motifs is 2. The van der Waals surface area contributed by atoms with Gasteiger partial charge in [0.15, 0.2) is 0 Å². The lowest BCUT2D eigenvalue weighted by atomic mass is 9.96. The Kier molecular flexibility index (Phi) is 1.59. The summed E-state index contributed by atoms with van der Waals surface area (Å²) in [6.45, 7) is 3.35. The van der Waals surface area contributed by atoms with Crippen molar-refractivity contribution >= 4 is 23.2 Å². The maximum absolute atomic E-state index is 12.0. The van der Waals surface area contributed by atoms with E-state index in [1.54, 1.807) is 4.90 Å². The molecule has 3 aliphatic heterocycles. The fourth-order valence-electron chi connectivity index (χ4n) is 3.20. The third kappa shape index (κ3) is 0.917. The molecule has 1 unspecified atom stereocenters. The molecule has 1 atom stereocenters. The van der Waals surface area contributed by atoms with Crippen molar-refractivity contribution < 1.29 is 9.59 Å². The van der Waals surface area contributed by atoms with Gasteiger partial charge in [0.1, 0.15) is 5.57 Å². The number of hydrogen-bond donors (Lipinski definition) is 2. The number of anilines is 2. The first kappa shape index (κ1) is 10.4. The van der Waals surface area contributed by atoms with E-state index in [2.05, 4.69) is 10.7 Å². The van der Waals surface area contributed by atoms with Crippen LogP contribution in [0.5, 0.6) is 0 Å². The van der Waals surface area contributed by atoms with Crippen LogP contribution in [-0.4, -0.2) is 17.6 Å². The van der Waals surface area contributed by atoms with Crippen LogP contribution in [-0.2, 0) is 9.59 Å². The molecular formula is C13H12N4O2. The van der Waals surface area contributed by atoms with Gasteiger partial charge in [-0.1, -0.05) is 12.1 Å². The van der Waals surface area contributed by atoms with Gasteiger partial charge in [0.05, 0.1) is 11.4 Å². The third-order valence-electron chi connectivity index (χ3n) is 3.84. The van der Waals surface area contributed by atoms with E-state index in [1.807, 2.05) is 36.2 Å². The summed E-state index contributed by atoms with van der Waals surface area (Å²) in [5.41, 5.74) is 6.25. The minimum atomic E-state index is -0.878. The van der Waals surface area contributed by atoms with Crippen LogP contribution in [0.2, 0.25) is 0 Å². The molecule has 6 nitrogen and oxygen atoms in total. The molecule has 6 heteroatoms. The predicted molar refractivity (Wildman–Crippen MR) is 68.8 cm³/mol. The second kappa shape index (κ2) is 2.90. The highest BCUT2D eigenvalue weighted by Crippen LogP contribution is 2.52. The van der Waals surface area contributed by atoms with Crippen molar-refractivity contribution in [3.05, 3.63) is 35.5 Å². The van der Waals surface area contributed by atoms with Gasteiger partial charge in [0.25, 0.3) is 11.7 Å². The Morgan fingerprint density at radius 2 is 1.95 bits per heavy atom. The van der Waals surface area contributed by atoms with Gasteiger partial charge in [-0.05, 0) is 19.1 Å². The van der Waals surface area contributed by atoms with Crippen molar-refractivity contribution in [2.45, 2.75) is 19.6 Å². The number of allylic oxidation sites excluding steroid dienone is 1. The van der Waals surface area contributed by atoms with Crippen molar-refractivity contribution in [2.24, 2.45) is 0 Å². The standard InChI is InChI=1S/C13H12N4O2/c1-7-11-12(19)14-13(11)16(8(2)18)9-5-3-4-6-10(9)17(13)15-7/h3-6,15H,1-2H3,(H,14,19). The molecule has 1 fully saturated rings. The summed E-state index contributed by atoms with van der Waals surface area (Å²) in [5.74, 6) is -1.12. The fraction of sp³-hybridized carbons (Fsp3) is 0.231. The number of rotatable bonds is 0. The van der Waals surface area contributed by atoms with Crippen molar-refractivity contribution in [3.63, 3.8) is 0 Å². The molecule has 4 rings (SSSR count). The molecule has 0 bridgehead atoms. The predicted octanol–water partition coefficient (Wildman–Crippen LogP) is 0.435. The van der Waals surface area contributed by atoms with Crippen LogP contribution >= 0.6 is 0 Å². The molecule has 0 radical (unpaired) electrons. The summed E-state index contributed by atoms with van der Waals surface area (Å²) >= 11 is 0. The Labute approximate surface area is 109 Å². The van der Waals surface area contributed by atoms with Crippen LogP contribution in [0, 0.1) is 0 Å². The summed E-state index contributed by atoms with van der Waals surface area (Å²) in [7, 11) is 0. The first-order valence-electron chi connectivity index (χ1n) is 6.08. The molecule has 19 heavy (non-hydrogen) atoms. The minimum absolute atomic E-state index is 0.107. The van der Waals surface area contributed by atoms with Crippen molar-refractivity contribution in [1.29, 1.82) is 0 Å².